The van der Waals surface area contributed by atoms with Crippen LogP contribution in [0.3, 0.4) is 0 Å². The molecule has 0 atom stereocenters. The van der Waals surface area contributed by atoms with Crippen LogP contribution in [0.4, 0.5) is 5.69 Å². The van der Waals surface area contributed by atoms with Gasteiger partial charge >= 0.3 is 0 Å². The highest BCUT2D eigenvalue weighted by Crippen LogP contribution is 2.42. The molecule has 0 radical (unpaired) electrons. The monoisotopic (exact) mass is 648 g/mol. The fraction of sp³-hybridized carbons (Fsp3) is 0.303. The molecular weight excluding hydrogens is 613 g/mol. The van der Waals surface area contributed by atoms with Crippen LogP contribution >= 0.6 is 11.8 Å². The topological polar surface area (TPSA) is 131 Å². The lowest BCUT2D eigenvalue weighted by Crippen LogP contribution is -2.35. The van der Waals surface area contributed by atoms with Crippen molar-refractivity contribution in [1.29, 1.82) is 0 Å². The maximum absolute atomic E-state index is 13.3. The van der Waals surface area contributed by atoms with E-state index in [0.717, 1.165) is 44.3 Å². The standard InChI is InChI=1S/C33H36N4O6S2/c1-23-7-3-12-30(24(23)2)43-16-6-13-31(38)37-15-17-44-32-28(10-5-11-29(32)37)27-20-35-36(22-27)21-25-8-4-9-26(19-25)33(39)34-14-18-45(40,41)42/h3-5,7-12,19-20,22H,6,13-18,21H2,1-2H3,(H,34,39)(H,40,41,42). The maximum atomic E-state index is 13.3. The van der Waals surface area contributed by atoms with Crippen LogP contribution in [0, 0.1) is 13.8 Å². The van der Waals surface area contributed by atoms with Gasteiger partial charge in [0.2, 0.25) is 5.91 Å². The summed E-state index contributed by atoms with van der Waals surface area (Å²) in [5.74, 6) is 0.755. The maximum Gasteiger partial charge on any atom is 0.266 e. The Morgan fingerprint density at radius 2 is 1.89 bits per heavy atom. The number of ether oxygens (including phenoxy) is 1. The molecule has 3 aromatic carbocycles. The number of carbonyl (C=O) groups excluding carboxylic acids is 2. The number of hydrogen-bond donors (Lipinski definition) is 2. The van der Waals surface area contributed by atoms with E-state index in [1.165, 1.54) is 5.56 Å². The van der Waals surface area contributed by atoms with Crippen molar-refractivity contribution in [2.75, 3.05) is 36.1 Å². The van der Waals surface area contributed by atoms with Crippen LogP contribution in [0.5, 0.6) is 5.75 Å². The summed E-state index contributed by atoms with van der Waals surface area (Å²) in [5.41, 5.74) is 6.36. The molecular formula is C33H36N4O6S2. The summed E-state index contributed by atoms with van der Waals surface area (Å²) in [5, 5.41) is 7.05. The Morgan fingerprint density at radius 3 is 2.71 bits per heavy atom. The summed E-state index contributed by atoms with van der Waals surface area (Å²) in [7, 11) is -4.15. The number of amides is 2. The van der Waals surface area contributed by atoms with Crippen LogP contribution in [0.25, 0.3) is 11.1 Å². The molecule has 12 heteroatoms. The molecule has 236 valence electrons. The third kappa shape index (κ3) is 8.33. The van der Waals surface area contributed by atoms with Gasteiger partial charge in [0.1, 0.15) is 5.75 Å². The van der Waals surface area contributed by atoms with E-state index < -0.39 is 21.8 Å². The minimum atomic E-state index is -4.15. The zero-order chi connectivity index (χ0) is 32.0. The molecule has 0 spiro atoms. The van der Waals surface area contributed by atoms with E-state index in [1.807, 2.05) is 54.4 Å². The second-order valence-corrected chi connectivity index (χ2v) is 13.5. The Labute approximate surface area is 267 Å². The van der Waals surface area contributed by atoms with Crippen molar-refractivity contribution in [3.05, 3.63) is 95.3 Å². The van der Waals surface area contributed by atoms with Gasteiger partial charge < -0.3 is 15.0 Å². The van der Waals surface area contributed by atoms with Crippen molar-refractivity contribution in [3.63, 3.8) is 0 Å². The number of aryl methyl sites for hydroxylation is 1. The summed E-state index contributed by atoms with van der Waals surface area (Å²) in [4.78, 5) is 28.7. The van der Waals surface area contributed by atoms with Crippen molar-refractivity contribution in [3.8, 4) is 16.9 Å². The zero-order valence-electron chi connectivity index (χ0n) is 25.2. The van der Waals surface area contributed by atoms with Crippen molar-refractivity contribution in [2.45, 2.75) is 38.1 Å². The molecule has 2 heterocycles. The normalized spacial score (nSPS) is 12.9. The van der Waals surface area contributed by atoms with Gasteiger partial charge in [0.05, 0.1) is 30.8 Å². The van der Waals surface area contributed by atoms with E-state index in [2.05, 4.69) is 23.4 Å². The first-order valence-electron chi connectivity index (χ1n) is 14.7. The third-order valence-corrected chi connectivity index (χ3v) is 9.44. The molecule has 0 fully saturated rings. The van der Waals surface area contributed by atoms with Gasteiger partial charge in [-0.05, 0) is 61.2 Å². The highest BCUT2D eigenvalue weighted by atomic mass is 32.2. The van der Waals surface area contributed by atoms with Crippen LogP contribution in [-0.2, 0) is 21.5 Å². The molecule has 1 aliphatic rings. The Bertz CT molecular complexity index is 1800. The molecule has 0 saturated carbocycles. The number of anilines is 1. The van der Waals surface area contributed by atoms with Crippen molar-refractivity contribution in [1.82, 2.24) is 15.1 Å². The Morgan fingerprint density at radius 1 is 1.09 bits per heavy atom. The summed E-state index contributed by atoms with van der Waals surface area (Å²) in [6.07, 6.45) is 4.77. The van der Waals surface area contributed by atoms with E-state index in [4.69, 9.17) is 9.29 Å². The number of nitrogens with one attached hydrogen (secondary N) is 1. The van der Waals surface area contributed by atoms with Gasteiger partial charge in [0, 0.05) is 53.0 Å². The lowest BCUT2D eigenvalue weighted by atomic mass is 10.1. The molecule has 2 amide bonds. The van der Waals surface area contributed by atoms with Gasteiger partial charge in [0.15, 0.2) is 0 Å². The summed E-state index contributed by atoms with van der Waals surface area (Å²) >= 11 is 1.73. The fourth-order valence-corrected chi connectivity index (χ4v) is 6.64. The predicted octanol–water partition coefficient (Wildman–Crippen LogP) is 5.13. The molecule has 2 N–H and O–H groups in total. The highest BCUT2D eigenvalue weighted by molar-refractivity contribution is 7.99. The SMILES string of the molecule is Cc1cccc(OCCCC(=O)N2CCSc3c(-c4cnn(Cc5cccc(C(=O)NCCS(=O)(=O)O)c5)c4)cccc32)c1C. The average Bonchev–Trinajstić information content (AvgIpc) is 3.48. The molecule has 45 heavy (non-hydrogen) atoms. The second kappa shape index (κ2) is 14.3. The number of nitrogens with zero attached hydrogens (tertiary/aromatic N) is 3. The number of benzene rings is 3. The lowest BCUT2D eigenvalue weighted by molar-refractivity contribution is -0.118. The number of aromatic nitrogens is 2. The Kier molecular flexibility index (Phi) is 10.3. The molecule has 0 saturated heterocycles. The highest BCUT2D eigenvalue weighted by Gasteiger charge is 2.25. The van der Waals surface area contributed by atoms with E-state index >= 15 is 0 Å². The van der Waals surface area contributed by atoms with Gasteiger partial charge in [-0.3, -0.25) is 18.8 Å². The lowest BCUT2D eigenvalue weighted by Gasteiger charge is -2.30. The van der Waals surface area contributed by atoms with Gasteiger partial charge in [-0.1, -0.05) is 36.4 Å². The first kappa shape index (κ1) is 32.3. The first-order chi connectivity index (χ1) is 21.6. The molecule has 0 aliphatic carbocycles. The second-order valence-electron chi connectivity index (χ2n) is 10.9. The Hall–Kier alpha value is -4.13. The van der Waals surface area contributed by atoms with Crippen molar-refractivity contribution >= 4 is 39.4 Å². The number of carbonyl (C=O) groups is 2. The average molecular weight is 649 g/mol. The molecule has 1 aliphatic heterocycles. The predicted molar refractivity (Wildman–Crippen MR) is 176 cm³/mol. The van der Waals surface area contributed by atoms with Gasteiger partial charge in [-0.2, -0.15) is 13.5 Å². The van der Waals surface area contributed by atoms with E-state index in [9.17, 15) is 18.0 Å². The number of fused-ring (bicyclic) bond motifs is 1. The summed E-state index contributed by atoms with van der Waals surface area (Å²) in [6, 6.07) is 19.0. The van der Waals surface area contributed by atoms with Gasteiger partial charge in [-0.15, -0.1) is 11.8 Å². The largest absolute Gasteiger partial charge is 0.493 e. The van der Waals surface area contributed by atoms with Crippen LogP contribution in [-0.4, -0.2) is 65.8 Å². The van der Waals surface area contributed by atoms with Gasteiger partial charge in [-0.25, -0.2) is 0 Å². The number of thioether (sulfide) groups is 1. The molecule has 0 bridgehead atoms. The molecule has 10 nitrogen and oxygen atoms in total. The zero-order valence-corrected chi connectivity index (χ0v) is 26.9. The van der Waals surface area contributed by atoms with Crippen LogP contribution in [0.1, 0.15) is 39.9 Å². The smallest absolute Gasteiger partial charge is 0.266 e. The Balaban J connectivity index is 1.22. The van der Waals surface area contributed by atoms with Gasteiger partial charge in [0.25, 0.3) is 16.0 Å². The van der Waals surface area contributed by atoms with E-state index in [-0.39, 0.29) is 12.5 Å². The molecule has 5 rings (SSSR count). The van der Waals surface area contributed by atoms with Crippen LogP contribution in [0.15, 0.2) is 78.0 Å². The van der Waals surface area contributed by atoms with Crippen molar-refractivity contribution in [2.24, 2.45) is 0 Å². The summed E-state index contributed by atoms with van der Waals surface area (Å²) < 4.78 is 38.4. The molecule has 4 aromatic rings. The van der Waals surface area contributed by atoms with Crippen LogP contribution in [0.2, 0.25) is 0 Å². The van der Waals surface area contributed by atoms with Crippen LogP contribution < -0.4 is 15.0 Å². The first-order valence-corrected chi connectivity index (χ1v) is 17.3. The minimum absolute atomic E-state index is 0.0795. The molecule has 0 unspecified atom stereocenters. The number of rotatable bonds is 12. The summed E-state index contributed by atoms with van der Waals surface area (Å²) in [6.45, 7) is 5.46. The van der Waals surface area contributed by atoms with E-state index in [0.29, 0.717) is 38.1 Å². The number of hydrogen-bond acceptors (Lipinski definition) is 7. The fourth-order valence-electron chi connectivity index (χ4n) is 5.14. The molecule has 1 aromatic heterocycles. The third-order valence-electron chi connectivity index (χ3n) is 7.62. The minimum Gasteiger partial charge on any atom is -0.493 e. The quantitative estimate of drug-likeness (QED) is 0.160. The van der Waals surface area contributed by atoms with Crippen molar-refractivity contribution < 1.29 is 27.3 Å². The van der Waals surface area contributed by atoms with E-state index in [1.54, 1.807) is 40.8 Å².